The van der Waals surface area contributed by atoms with Gasteiger partial charge in [-0.25, -0.2) is 0 Å². The van der Waals surface area contributed by atoms with Crippen LogP contribution >= 0.6 is 12.4 Å². The molecule has 0 aromatic carbocycles. The molecular weight excluding hydrogens is 260 g/mol. The molecule has 2 unspecified atom stereocenters. The Labute approximate surface area is 123 Å². The molecule has 0 aromatic rings. The van der Waals surface area contributed by atoms with Crippen molar-refractivity contribution in [1.29, 1.82) is 0 Å². The number of halogens is 1. The average Bonchev–Trinajstić information content (AvgIpc) is 2.41. The van der Waals surface area contributed by atoms with Crippen molar-refractivity contribution in [1.82, 2.24) is 4.90 Å². The number of carbonyl (C=O) groups is 1. The maximum absolute atomic E-state index is 12.3. The van der Waals surface area contributed by atoms with Gasteiger partial charge in [0.25, 0.3) is 0 Å². The van der Waals surface area contributed by atoms with E-state index in [1.54, 1.807) is 0 Å². The lowest BCUT2D eigenvalue weighted by Crippen LogP contribution is -2.42. The molecule has 0 spiro atoms. The molecule has 4 heteroatoms. The Morgan fingerprint density at radius 1 is 1.05 bits per heavy atom. The summed E-state index contributed by atoms with van der Waals surface area (Å²) < 4.78 is 0. The minimum atomic E-state index is 0. The van der Waals surface area contributed by atoms with Crippen LogP contribution in [0.5, 0.6) is 0 Å². The fraction of sp³-hybridized carbons (Fsp3) is 0.933. The quantitative estimate of drug-likeness (QED) is 0.867. The minimum Gasteiger partial charge on any atom is -0.343 e. The zero-order valence-electron chi connectivity index (χ0n) is 12.1. The Kier molecular flexibility index (Phi) is 7.16. The third-order valence-corrected chi connectivity index (χ3v) is 4.92. The third kappa shape index (κ3) is 4.64. The maximum Gasteiger partial charge on any atom is 0.222 e. The van der Waals surface area contributed by atoms with Gasteiger partial charge in [-0.3, -0.25) is 4.79 Å². The summed E-state index contributed by atoms with van der Waals surface area (Å²) in [6.45, 7) is 0. The molecule has 0 bridgehead atoms. The van der Waals surface area contributed by atoms with E-state index < -0.39 is 0 Å². The van der Waals surface area contributed by atoms with E-state index in [4.69, 9.17) is 5.73 Å². The molecule has 0 heterocycles. The standard InChI is InChI=1S/C15H28N2O.ClH/c1-17(13-8-3-2-4-9-13)15(18)11-12-7-5-6-10-14(12)16;/h12-14H,2-11,16H2,1H3;1H. The largest absolute Gasteiger partial charge is 0.343 e. The summed E-state index contributed by atoms with van der Waals surface area (Å²) in [5, 5.41) is 0. The van der Waals surface area contributed by atoms with E-state index in [0.717, 1.165) is 12.8 Å². The van der Waals surface area contributed by atoms with Crippen LogP contribution < -0.4 is 5.73 Å². The van der Waals surface area contributed by atoms with Gasteiger partial charge in [-0.05, 0) is 31.6 Å². The van der Waals surface area contributed by atoms with Gasteiger partial charge in [0.1, 0.15) is 0 Å². The van der Waals surface area contributed by atoms with E-state index in [9.17, 15) is 4.79 Å². The first-order chi connectivity index (χ1) is 8.68. The van der Waals surface area contributed by atoms with Crippen LogP contribution in [0.3, 0.4) is 0 Å². The molecule has 0 saturated heterocycles. The predicted octanol–water partition coefficient (Wildman–Crippen LogP) is 3.11. The normalized spacial score (nSPS) is 28.5. The monoisotopic (exact) mass is 288 g/mol. The number of hydrogen-bond acceptors (Lipinski definition) is 2. The van der Waals surface area contributed by atoms with Gasteiger partial charge in [0.05, 0.1) is 0 Å². The molecule has 3 nitrogen and oxygen atoms in total. The van der Waals surface area contributed by atoms with E-state index in [1.165, 1.54) is 44.9 Å². The highest BCUT2D eigenvalue weighted by atomic mass is 35.5. The lowest BCUT2D eigenvalue weighted by atomic mass is 9.82. The van der Waals surface area contributed by atoms with Crippen molar-refractivity contribution in [2.45, 2.75) is 76.3 Å². The third-order valence-electron chi connectivity index (χ3n) is 4.92. The van der Waals surface area contributed by atoms with Gasteiger partial charge < -0.3 is 10.6 Å². The van der Waals surface area contributed by atoms with Crippen LogP contribution in [0.4, 0.5) is 0 Å². The number of amides is 1. The van der Waals surface area contributed by atoms with Crippen LogP contribution in [0, 0.1) is 5.92 Å². The molecule has 2 saturated carbocycles. The number of nitrogens with zero attached hydrogens (tertiary/aromatic N) is 1. The van der Waals surface area contributed by atoms with Gasteiger partial charge in [0.15, 0.2) is 0 Å². The van der Waals surface area contributed by atoms with Gasteiger partial charge >= 0.3 is 0 Å². The smallest absolute Gasteiger partial charge is 0.222 e. The van der Waals surface area contributed by atoms with Crippen molar-refractivity contribution in [2.24, 2.45) is 11.7 Å². The second-order valence-corrected chi connectivity index (χ2v) is 6.21. The van der Waals surface area contributed by atoms with E-state index in [-0.39, 0.29) is 18.4 Å². The maximum atomic E-state index is 12.3. The molecule has 2 rings (SSSR count). The van der Waals surface area contributed by atoms with Gasteiger partial charge in [-0.15, -0.1) is 12.4 Å². The molecule has 2 N–H and O–H groups in total. The van der Waals surface area contributed by atoms with Gasteiger partial charge in [0.2, 0.25) is 5.91 Å². The average molecular weight is 289 g/mol. The van der Waals surface area contributed by atoms with Crippen LogP contribution in [0.15, 0.2) is 0 Å². The Balaban J connectivity index is 0.00000180. The summed E-state index contributed by atoms with van der Waals surface area (Å²) in [4.78, 5) is 14.3. The minimum absolute atomic E-state index is 0. The highest BCUT2D eigenvalue weighted by molar-refractivity contribution is 5.85. The van der Waals surface area contributed by atoms with Crippen molar-refractivity contribution in [3.8, 4) is 0 Å². The van der Waals surface area contributed by atoms with Gasteiger partial charge in [-0.1, -0.05) is 32.1 Å². The van der Waals surface area contributed by atoms with Gasteiger partial charge in [0, 0.05) is 25.6 Å². The molecule has 1 amide bonds. The molecule has 0 aromatic heterocycles. The van der Waals surface area contributed by atoms with Crippen molar-refractivity contribution in [2.75, 3.05) is 7.05 Å². The summed E-state index contributed by atoms with van der Waals surface area (Å²) in [6.07, 6.45) is 11.7. The summed E-state index contributed by atoms with van der Waals surface area (Å²) in [5.74, 6) is 0.751. The number of nitrogens with two attached hydrogens (primary N) is 1. The Hall–Kier alpha value is -0.280. The summed E-state index contributed by atoms with van der Waals surface area (Å²) >= 11 is 0. The first kappa shape index (κ1) is 16.8. The van der Waals surface area contributed by atoms with Crippen LogP contribution in [-0.4, -0.2) is 29.9 Å². The van der Waals surface area contributed by atoms with Crippen molar-refractivity contribution in [3.05, 3.63) is 0 Å². The van der Waals surface area contributed by atoms with Gasteiger partial charge in [-0.2, -0.15) is 0 Å². The van der Waals surface area contributed by atoms with Crippen LogP contribution in [0.25, 0.3) is 0 Å². The number of rotatable bonds is 3. The second-order valence-electron chi connectivity index (χ2n) is 6.21. The molecule has 2 aliphatic rings. The molecule has 2 atom stereocenters. The summed E-state index contributed by atoms with van der Waals surface area (Å²) in [6, 6.07) is 0.744. The van der Waals surface area contributed by atoms with Crippen LogP contribution in [0.1, 0.15) is 64.2 Å². The molecular formula is C15H29ClN2O. The first-order valence-corrected chi connectivity index (χ1v) is 7.69. The molecule has 2 fully saturated rings. The molecule has 0 aliphatic heterocycles. The van der Waals surface area contributed by atoms with E-state index in [2.05, 4.69) is 0 Å². The fourth-order valence-corrected chi connectivity index (χ4v) is 3.53. The Bertz CT molecular complexity index is 279. The lowest BCUT2D eigenvalue weighted by Gasteiger charge is -2.34. The molecule has 19 heavy (non-hydrogen) atoms. The topological polar surface area (TPSA) is 46.3 Å². The molecule has 112 valence electrons. The van der Waals surface area contributed by atoms with Crippen molar-refractivity contribution >= 4 is 18.3 Å². The van der Waals surface area contributed by atoms with E-state index >= 15 is 0 Å². The zero-order valence-corrected chi connectivity index (χ0v) is 13.0. The van der Waals surface area contributed by atoms with Crippen LogP contribution in [0.2, 0.25) is 0 Å². The summed E-state index contributed by atoms with van der Waals surface area (Å²) in [5.41, 5.74) is 6.14. The number of carbonyl (C=O) groups excluding carboxylic acids is 1. The van der Waals surface area contributed by atoms with E-state index in [1.807, 2.05) is 11.9 Å². The van der Waals surface area contributed by atoms with Crippen LogP contribution in [-0.2, 0) is 4.79 Å². The lowest BCUT2D eigenvalue weighted by molar-refractivity contribution is -0.134. The highest BCUT2D eigenvalue weighted by Gasteiger charge is 2.28. The highest BCUT2D eigenvalue weighted by Crippen LogP contribution is 2.28. The van der Waals surface area contributed by atoms with E-state index in [0.29, 0.717) is 24.3 Å². The first-order valence-electron chi connectivity index (χ1n) is 7.69. The fourth-order valence-electron chi connectivity index (χ4n) is 3.53. The second kappa shape index (κ2) is 8.11. The summed E-state index contributed by atoms with van der Waals surface area (Å²) in [7, 11) is 1.99. The van der Waals surface area contributed by atoms with Crippen molar-refractivity contribution in [3.63, 3.8) is 0 Å². The molecule has 0 radical (unpaired) electrons. The predicted molar refractivity (Wildman–Crippen MR) is 81.4 cm³/mol. The zero-order chi connectivity index (χ0) is 13.0. The Morgan fingerprint density at radius 3 is 2.26 bits per heavy atom. The number of hydrogen-bond donors (Lipinski definition) is 1. The molecule has 2 aliphatic carbocycles. The Morgan fingerprint density at radius 2 is 1.63 bits per heavy atom. The van der Waals surface area contributed by atoms with Crippen molar-refractivity contribution < 1.29 is 4.79 Å². The SMILES string of the molecule is CN(C(=O)CC1CCCCC1N)C1CCCCC1.Cl.